The maximum absolute atomic E-state index is 8.59. The normalized spacial score (nSPS) is 15.2. The van der Waals surface area contributed by atoms with E-state index in [-0.39, 0.29) is 6.61 Å². The summed E-state index contributed by atoms with van der Waals surface area (Å²) in [6, 6.07) is 0. The second-order valence-corrected chi connectivity index (χ2v) is 5.90. The number of aliphatic hydroxyl groups is 1. The Morgan fingerprint density at radius 2 is 1.53 bits per heavy atom. The lowest BCUT2D eigenvalue weighted by Gasteiger charge is -2.17. The van der Waals surface area contributed by atoms with Crippen LogP contribution in [0, 0.1) is 17.8 Å². The summed E-state index contributed by atoms with van der Waals surface area (Å²) in [6.45, 7) is 10.7. The molecule has 0 fully saturated rings. The fourth-order valence-electron chi connectivity index (χ4n) is 2.25. The Bertz CT molecular complexity index is 157. The molecule has 0 aliphatic rings. The Hall–Kier alpha value is -0.0800. The van der Waals surface area contributed by atoms with Crippen molar-refractivity contribution < 1.29 is 9.84 Å². The van der Waals surface area contributed by atoms with Crippen LogP contribution < -0.4 is 0 Å². The molecule has 0 bridgehead atoms. The minimum atomic E-state index is 0.139. The molecule has 1 N–H and O–H groups in total. The van der Waals surface area contributed by atoms with Gasteiger partial charge in [0.15, 0.2) is 0 Å². The van der Waals surface area contributed by atoms with E-state index >= 15 is 0 Å². The van der Waals surface area contributed by atoms with E-state index in [0.717, 1.165) is 30.8 Å². The summed E-state index contributed by atoms with van der Waals surface area (Å²) in [7, 11) is 0. The first-order valence-corrected chi connectivity index (χ1v) is 7.24. The minimum absolute atomic E-state index is 0.139. The predicted octanol–water partition coefficient (Wildman–Crippen LogP) is 3.87. The van der Waals surface area contributed by atoms with Gasteiger partial charge in [0, 0.05) is 6.61 Å². The third-order valence-corrected chi connectivity index (χ3v) is 3.27. The summed E-state index contributed by atoms with van der Waals surface area (Å²) in [5.74, 6) is 2.41. The summed E-state index contributed by atoms with van der Waals surface area (Å²) < 4.78 is 5.30. The van der Waals surface area contributed by atoms with Crippen LogP contribution in [0.25, 0.3) is 0 Å². The Kier molecular flexibility index (Phi) is 11.0. The van der Waals surface area contributed by atoms with E-state index in [0.29, 0.717) is 6.61 Å². The highest BCUT2D eigenvalue weighted by Gasteiger charge is 2.09. The van der Waals surface area contributed by atoms with Crippen molar-refractivity contribution in [3.05, 3.63) is 0 Å². The third-order valence-electron chi connectivity index (χ3n) is 3.27. The first kappa shape index (κ1) is 16.9. The zero-order valence-electron chi connectivity index (χ0n) is 12.2. The van der Waals surface area contributed by atoms with Gasteiger partial charge >= 0.3 is 0 Å². The third kappa shape index (κ3) is 12.2. The van der Waals surface area contributed by atoms with Crippen molar-refractivity contribution in [3.8, 4) is 0 Å². The molecule has 0 amide bonds. The van der Waals surface area contributed by atoms with Gasteiger partial charge in [0.05, 0.1) is 13.2 Å². The van der Waals surface area contributed by atoms with Gasteiger partial charge in [-0.15, -0.1) is 0 Å². The van der Waals surface area contributed by atoms with E-state index in [2.05, 4.69) is 27.7 Å². The van der Waals surface area contributed by atoms with Crippen molar-refractivity contribution in [1.29, 1.82) is 0 Å². The summed E-state index contributed by atoms with van der Waals surface area (Å²) in [6.07, 6.45) is 6.51. The second kappa shape index (κ2) is 11.0. The fourth-order valence-corrected chi connectivity index (χ4v) is 2.25. The molecule has 0 heterocycles. The van der Waals surface area contributed by atoms with Crippen molar-refractivity contribution in [1.82, 2.24) is 0 Å². The topological polar surface area (TPSA) is 29.5 Å². The molecule has 2 atom stereocenters. The van der Waals surface area contributed by atoms with Crippen LogP contribution in [0.2, 0.25) is 0 Å². The van der Waals surface area contributed by atoms with Crippen LogP contribution in [0.3, 0.4) is 0 Å². The van der Waals surface area contributed by atoms with Gasteiger partial charge in [-0.2, -0.15) is 0 Å². The monoisotopic (exact) mass is 244 g/mol. The van der Waals surface area contributed by atoms with Crippen molar-refractivity contribution >= 4 is 0 Å². The highest BCUT2D eigenvalue weighted by Crippen LogP contribution is 2.21. The number of hydrogen-bond acceptors (Lipinski definition) is 2. The number of hydrogen-bond donors (Lipinski definition) is 1. The lowest BCUT2D eigenvalue weighted by Crippen LogP contribution is -2.08. The molecule has 0 aromatic heterocycles. The molecule has 0 aliphatic carbocycles. The average molecular weight is 244 g/mol. The molecule has 2 nitrogen and oxygen atoms in total. The standard InChI is InChI=1S/C15H32O2/c1-13(2)6-5-7-14(3)12-15(4)8-10-17-11-9-16/h13-16H,5-12H2,1-4H3. The maximum atomic E-state index is 8.59. The van der Waals surface area contributed by atoms with Gasteiger partial charge in [-0.1, -0.05) is 47.0 Å². The fraction of sp³-hybridized carbons (Fsp3) is 1.00. The van der Waals surface area contributed by atoms with E-state index in [9.17, 15) is 0 Å². The second-order valence-electron chi connectivity index (χ2n) is 5.90. The summed E-state index contributed by atoms with van der Waals surface area (Å²) in [5.41, 5.74) is 0. The van der Waals surface area contributed by atoms with Crippen LogP contribution in [0.5, 0.6) is 0 Å². The Morgan fingerprint density at radius 3 is 2.12 bits per heavy atom. The van der Waals surface area contributed by atoms with Crippen LogP contribution in [0.4, 0.5) is 0 Å². The van der Waals surface area contributed by atoms with Crippen LogP contribution in [0.1, 0.15) is 59.8 Å². The maximum Gasteiger partial charge on any atom is 0.0697 e. The predicted molar refractivity (Wildman–Crippen MR) is 74.2 cm³/mol. The first-order chi connectivity index (χ1) is 8.06. The Morgan fingerprint density at radius 1 is 0.882 bits per heavy atom. The van der Waals surface area contributed by atoms with Gasteiger partial charge in [0.1, 0.15) is 0 Å². The molecule has 0 aromatic carbocycles. The van der Waals surface area contributed by atoms with Crippen LogP contribution in [-0.2, 0) is 4.74 Å². The molecule has 0 saturated heterocycles. The van der Waals surface area contributed by atoms with Gasteiger partial charge in [0.2, 0.25) is 0 Å². The molecule has 0 radical (unpaired) electrons. The van der Waals surface area contributed by atoms with Crippen molar-refractivity contribution in [2.75, 3.05) is 19.8 Å². The first-order valence-electron chi connectivity index (χ1n) is 7.24. The van der Waals surface area contributed by atoms with Gasteiger partial charge in [-0.25, -0.2) is 0 Å². The zero-order chi connectivity index (χ0) is 13.1. The van der Waals surface area contributed by atoms with Crippen LogP contribution >= 0.6 is 0 Å². The SMILES string of the molecule is CC(C)CCCC(C)CC(C)CCOCCO. The molecule has 0 spiro atoms. The van der Waals surface area contributed by atoms with E-state index < -0.39 is 0 Å². The number of ether oxygens (including phenoxy) is 1. The summed E-state index contributed by atoms with van der Waals surface area (Å²) in [5, 5.41) is 8.59. The smallest absolute Gasteiger partial charge is 0.0697 e. The van der Waals surface area contributed by atoms with Gasteiger partial charge in [0.25, 0.3) is 0 Å². The van der Waals surface area contributed by atoms with Crippen molar-refractivity contribution in [2.45, 2.75) is 59.8 Å². The van der Waals surface area contributed by atoms with Crippen molar-refractivity contribution in [3.63, 3.8) is 0 Å². The van der Waals surface area contributed by atoms with Crippen molar-refractivity contribution in [2.24, 2.45) is 17.8 Å². The molecule has 17 heavy (non-hydrogen) atoms. The molecule has 2 heteroatoms. The van der Waals surface area contributed by atoms with Crippen LogP contribution in [0.15, 0.2) is 0 Å². The lowest BCUT2D eigenvalue weighted by molar-refractivity contribution is 0.0822. The molecule has 0 saturated carbocycles. The molecule has 2 unspecified atom stereocenters. The molecule has 0 aliphatic heterocycles. The van der Waals surface area contributed by atoms with Crippen LogP contribution in [-0.4, -0.2) is 24.9 Å². The Balaban J connectivity index is 3.41. The lowest BCUT2D eigenvalue weighted by atomic mass is 9.90. The summed E-state index contributed by atoms with van der Waals surface area (Å²) in [4.78, 5) is 0. The quantitative estimate of drug-likeness (QED) is 0.559. The molecule has 104 valence electrons. The molecule has 0 rings (SSSR count). The minimum Gasteiger partial charge on any atom is -0.394 e. The molecular weight excluding hydrogens is 212 g/mol. The Labute approximate surface area is 108 Å². The van der Waals surface area contributed by atoms with Gasteiger partial charge in [-0.05, 0) is 30.6 Å². The highest BCUT2D eigenvalue weighted by molar-refractivity contribution is 4.61. The summed E-state index contributed by atoms with van der Waals surface area (Å²) >= 11 is 0. The van der Waals surface area contributed by atoms with E-state index in [1.54, 1.807) is 0 Å². The largest absolute Gasteiger partial charge is 0.394 e. The van der Waals surface area contributed by atoms with E-state index in [4.69, 9.17) is 9.84 Å². The highest BCUT2D eigenvalue weighted by atomic mass is 16.5. The van der Waals surface area contributed by atoms with E-state index in [1.807, 2.05) is 0 Å². The van der Waals surface area contributed by atoms with E-state index in [1.165, 1.54) is 25.7 Å². The molecule has 0 aromatic rings. The number of aliphatic hydroxyl groups excluding tert-OH is 1. The van der Waals surface area contributed by atoms with Gasteiger partial charge in [-0.3, -0.25) is 0 Å². The molecular formula is C15H32O2. The zero-order valence-corrected chi connectivity index (χ0v) is 12.2. The average Bonchev–Trinajstić information content (AvgIpc) is 2.23. The van der Waals surface area contributed by atoms with Gasteiger partial charge < -0.3 is 9.84 Å². The number of rotatable bonds is 11.